The van der Waals surface area contributed by atoms with Gasteiger partial charge in [-0.3, -0.25) is 0 Å². The molecule has 0 saturated carbocycles. The van der Waals surface area contributed by atoms with E-state index in [2.05, 4.69) is 5.32 Å². The minimum Gasteiger partial charge on any atom is -0.340 e. The van der Waals surface area contributed by atoms with Gasteiger partial charge in [0.25, 0.3) is 0 Å². The van der Waals surface area contributed by atoms with Crippen molar-refractivity contribution < 1.29 is 8.42 Å². The topological polar surface area (TPSA) is 75.0 Å². The van der Waals surface area contributed by atoms with E-state index in [-0.39, 0.29) is 0 Å². The normalized spacial score (nSPS) is 14.0. The van der Waals surface area contributed by atoms with E-state index in [4.69, 9.17) is 9.97 Å². The van der Waals surface area contributed by atoms with E-state index >= 15 is 0 Å². The standard InChI is InChI=1S/C23H20N4O2S/c1-16-11-12-18(15-21(16)30(28,29)27-13-14-27)24-23-19-9-5-6-10-20(19)25-22(26-23)17-7-3-2-4-8-17/h2-12,15H,13-14H2,1H3,(H,24,25,26). The molecule has 0 aliphatic carbocycles. The Bertz CT molecular complexity index is 1350. The van der Waals surface area contributed by atoms with Crippen molar-refractivity contribution in [2.24, 2.45) is 0 Å². The Kier molecular flexibility index (Phi) is 4.49. The molecule has 2 heterocycles. The number of hydrogen-bond acceptors (Lipinski definition) is 5. The van der Waals surface area contributed by atoms with Crippen LogP contribution < -0.4 is 5.32 Å². The Hall–Kier alpha value is -3.29. The number of rotatable bonds is 5. The van der Waals surface area contributed by atoms with Crippen molar-refractivity contribution in [3.63, 3.8) is 0 Å². The molecule has 1 fully saturated rings. The van der Waals surface area contributed by atoms with E-state index in [9.17, 15) is 8.42 Å². The molecule has 6 nitrogen and oxygen atoms in total. The molecule has 1 aliphatic heterocycles. The zero-order valence-corrected chi connectivity index (χ0v) is 17.2. The van der Waals surface area contributed by atoms with Crippen LogP contribution in [-0.2, 0) is 10.0 Å². The summed E-state index contributed by atoms with van der Waals surface area (Å²) in [5, 5.41) is 4.19. The second kappa shape index (κ2) is 7.19. The molecule has 30 heavy (non-hydrogen) atoms. The molecule has 7 heteroatoms. The first-order chi connectivity index (χ1) is 14.5. The summed E-state index contributed by atoms with van der Waals surface area (Å²) >= 11 is 0. The second-order valence-electron chi connectivity index (χ2n) is 7.29. The number of aryl methyl sites for hydroxylation is 1. The largest absolute Gasteiger partial charge is 0.340 e. The van der Waals surface area contributed by atoms with Gasteiger partial charge < -0.3 is 5.32 Å². The summed E-state index contributed by atoms with van der Waals surface area (Å²) in [6, 6.07) is 22.9. The van der Waals surface area contributed by atoms with E-state index in [1.54, 1.807) is 6.07 Å². The lowest BCUT2D eigenvalue weighted by Gasteiger charge is -2.14. The number of anilines is 2. The smallest absolute Gasteiger partial charge is 0.243 e. The van der Waals surface area contributed by atoms with Crippen LogP contribution in [0.3, 0.4) is 0 Å². The first-order valence-electron chi connectivity index (χ1n) is 9.72. The van der Waals surface area contributed by atoms with Gasteiger partial charge in [0.05, 0.1) is 10.4 Å². The van der Waals surface area contributed by atoms with Gasteiger partial charge in [-0.05, 0) is 36.8 Å². The molecular weight excluding hydrogens is 396 g/mol. The van der Waals surface area contributed by atoms with Gasteiger partial charge in [0.15, 0.2) is 5.82 Å². The molecule has 150 valence electrons. The van der Waals surface area contributed by atoms with Crippen LogP contribution >= 0.6 is 0 Å². The number of hydrogen-bond donors (Lipinski definition) is 1. The number of benzene rings is 3. The first-order valence-corrected chi connectivity index (χ1v) is 11.2. The molecule has 0 unspecified atom stereocenters. The van der Waals surface area contributed by atoms with Crippen LogP contribution in [-0.4, -0.2) is 35.8 Å². The van der Waals surface area contributed by atoms with Crippen LogP contribution in [0.2, 0.25) is 0 Å². The summed E-state index contributed by atoms with van der Waals surface area (Å²) in [6.45, 7) is 2.97. The maximum absolute atomic E-state index is 12.7. The van der Waals surface area contributed by atoms with Gasteiger partial charge >= 0.3 is 0 Å². The number of sulfonamides is 1. The highest BCUT2D eigenvalue weighted by molar-refractivity contribution is 7.89. The molecule has 4 aromatic rings. The van der Waals surface area contributed by atoms with Gasteiger partial charge in [0.2, 0.25) is 10.0 Å². The van der Waals surface area contributed by atoms with E-state index < -0.39 is 10.0 Å². The maximum atomic E-state index is 12.7. The third-order valence-corrected chi connectivity index (χ3v) is 7.15. The fourth-order valence-electron chi connectivity index (χ4n) is 3.40. The minimum absolute atomic E-state index is 0.326. The van der Waals surface area contributed by atoms with Gasteiger partial charge in [-0.15, -0.1) is 0 Å². The predicted molar refractivity (Wildman–Crippen MR) is 118 cm³/mol. The average Bonchev–Trinajstić information content (AvgIpc) is 3.62. The molecule has 5 rings (SSSR count). The van der Waals surface area contributed by atoms with Gasteiger partial charge in [0.1, 0.15) is 5.82 Å². The van der Waals surface area contributed by atoms with Crippen molar-refractivity contribution in [2.75, 3.05) is 18.4 Å². The fourth-order valence-corrected chi connectivity index (χ4v) is 4.99. The van der Waals surface area contributed by atoms with Crippen molar-refractivity contribution in [2.45, 2.75) is 11.8 Å². The summed E-state index contributed by atoms with van der Waals surface area (Å²) < 4.78 is 27.0. The molecule has 0 radical (unpaired) electrons. The van der Waals surface area contributed by atoms with Crippen molar-refractivity contribution in [1.29, 1.82) is 0 Å². The Labute approximate surface area is 175 Å². The molecule has 3 aromatic carbocycles. The minimum atomic E-state index is -3.44. The van der Waals surface area contributed by atoms with Crippen LogP contribution in [0.4, 0.5) is 11.5 Å². The molecule has 0 spiro atoms. The molecule has 1 saturated heterocycles. The third-order valence-electron chi connectivity index (χ3n) is 5.11. The van der Waals surface area contributed by atoms with Crippen LogP contribution in [0.1, 0.15) is 5.56 Å². The summed E-state index contributed by atoms with van der Waals surface area (Å²) in [7, 11) is -3.44. The lowest BCUT2D eigenvalue weighted by atomic mass is 10.1. The summed E-state index contributed by atoms with van der Waals surface area (Å²) in [4.78, 5) is 9.77. The Morgan fingerprint density at radius 3 is 2.40 bits per heavy atom. The number of aromatic nitrogens is 2. The summed E-state index contributed by atoms with van der Waals surface area (Å²) in [5.74, 6) is 1.25. The first kappa shape index (κ1) is 18.7. The van der Waals surface area contributed by atoms with Gasteiger partial charge in [0, 0.05) is 29.7 Å². The molecule has 0 amide bonds. The third kappa shape index (κ3) is 3.42. The Morgan fingerprint density at radius 1 is 0.900 bits per heavy atom. The molecule has 1 N–H and O–H groups in total. The van der Waals surface area contributed by atoms with Crippen molar-refractivity contribution >= 4 is 32.4 Å². The van der Waals surface area contributed by atoms with Crippen molar-refractivity contribution in [3.8, 4) is 11.4 Å². The number of fused-ring (bicyclic) bond motifs is 1. The zero-order chi connectivity index (χ0) is 20.7. The van der Waals surface area contributed by atoms with E-state index in [0.717, 1.165) is 22.0 Å². The maximum Gasteiger partial charge on any atom is 0.243 e. The SMILES string of the molecule is Cc1ccc(Nc2nc(-c3ccccc3)nc3ccccc23)cc1S(=O)(=O)N1CC1. The predicted octanol–water partition coefficient (Wildman–Crippen LogP) is 4.35. The van der Waals surface area contributed by atoms with Crippen molar-refractivity contribution in [3.05, 3.63) is 78.4 Å². The number of para-hydroxylation sites is 1. The quantitative estimate of drug-likeness (QED) is 0.490. The highest BCUT2D eigenvalue weighted by Crippen LogP contribution is 2.31. The number of nitrogens with one attached hydrogen (secondary N) is 1. The lowest BCUT2D eigenvalue weighted by molar-refractivity contribution is 0.562. The van der Waals surface area contributed by atoms with Gasteiger partial charge in [-0.25, -0.2) is 18.4 Å². The second-order valence-corrected chi connectivity index (χ2v) is 9.19. The highest BCUT2D eigenvalue weighted by atomic mass is 32.2. The average molecular weight is 417 g/mol. The van der Waals surface area contributed by atoms with E-state index in [1.807, 2.05) is 73.7 Å². The zero-order valence-electron chi connectivity index (χ0n) is 16.4. The lowest BCUT2D eigenvalue weighted by Crippen LogP contribution is -2.13. The Balaban J connectivity index is 1.60. The Morgan fingerprint density at radius 2 is 1.63 bits per heavy atom. The van der Waals surface area contributed by atoms with Gasteiger partial charge in [-0.2, -0.15) is 4.31 Å². The van der Waals surface area contributed by atoms with Crippen LogP contribution in [0, 0.1) is 6.92 Å². The van der Waals surface area contributed by atoms with Crippen LogP contribution in [0.15, 0.2) is 77.7 Å². The molecule has 0 atom stereocenters. The van der Waals surface area contributed by atoms with Crippen LogP contribution in [0.5, 0.6) is 0 Å². The molecule has 1 aromatic heterocycles. The molecule has 0 bridgehead atoms. The number of nitrogens with zero attached hydrogens (tertiary/aromatic N) is 3. The van der Waals surface area contributed by atoms with Gasteiger partial charge in [-0.1, -0.05) is 48.5 Å². The molecular formula is C23H20N4O2S. The molecule has 1 aliphatic rings. The monoisotopic (exact) mass is 416 g/mol. The summed E-state index contributed by atoms with van der Waals surface area (Å²) in [6.07, 6.45) is 0. The van der Waals surface area contributed by atoms with Crippen LogP contribution in [0.25, 0.3) is 22.3 Å². The summed E-state index contributed by atoms with van der Waals surface area (Å²) in [5.41, 5.74) is 3.13. The highest BCUT2D eigenvalue weighted by Gasteiger charge is 2.34. The van der Waals surface area contributed by atoms with E-state index in [1.165, 1.54) is 4.31 Å². The van der Waals surface area contributed by atoms with E-state index in [0.29, 0.717) is 35.3 Å². The fraction of sp³-hybridized carbons (Fsp3) is 0.130. The van der Waals surface area contributed by atoms with Crippen molar-refractivity contribution in [1.82, 2.24) is 14.3 Å².